The van der Waals surface area contributed by atoms with Gasteiger partial charge in [-0.1, -0.05) is 11.3 Å². The summed E-state index contributed by atoms with van der Waals surface area (Å²) in [7, 11) is 0. The first-order chi connectivity index (χ1) is 9.74. The molecule has 0 atom stereocenters. The summed E-state index contributed by atoms with van der Waals surface area (Å²) in [5.74, 6) is -0.805. The second-order valence-corrected chi connectivity index (χ2v) is 5.40. The van der Waals surface area contributed by atoms with Gasteiger partial charge in [-0.25, -0.2) is 18.7 Å². The number of anilines is 2. The fourth-order valence-corrected chi connectivity index (χ4v) is 3.32. The average molecular weight is 290 g/mol. The maximum absolute atomic E-state index is 14.0. The van der Waals surface area contributed by atoms with Crippen LogP contribution in [-0.2, 0) is 6.42 Å². The Labute approximate surface area is 116 Å². The zero-order valence-corrected chi connectivity index (χ0v) is 11.0. The third-order valence-corrected chi connectivity index (χ3v) is 4.27. The number of halogens is 2. The molecule has 0 N–H and O–H groups in total. The number of rotatable bonds is 1. The van der Waals surface area contributed by atoms with Gasteiger partial charge in [-0.15, -0.1) is 0 Å². The lowest BCUT2D eigenvalue weighted by atomic mass is 10.1. The Hall–Kier alpha value is -2.15. The fourth-order valence-electron chi connectivity index (χ4n) is 2.42. The highest BCUT2D eigenvalue weighted by Gasteiger charge is 2.29. The van der Waals surface area contributed by atoms with E-state index in [1.165, 1.54) is 17.4 Å². The van der Waals surface area contributed by atoms with E-state index in [0.717, 1.165) is 6.07 Å². The largest absolute Gasteiger partial charge is 0.314 e. The lowest BCUT2D eigenvalue weighted by molar-refractivity contribution is 0.595. The molecule has 0 saturated carbocycles. The Bertz CT molecular complexity index is 784. The van der Waals surface area contributed by atoms with Gasteiger partial charge in [-0.3, -0.25) is 0 Å². The number of hydrogen-bond donors (Lipinski definition) is 0. The maximum Gasteiger partial charge on any atom is 0.194 e. The standard InChI is InChI=1S/C13H8F2N4S/c14-8-1-2-9(15)10-7(8)3-6-19(10)13-18-11-12(20-13)17-5-4-16-11/h1-2,4-5H,3,6H2. The molecule has 0 fully saturated rings. The number of benzene rings is 1. The normalized spacial score (nSPS) is 14.0. The fraction of sp³-hybridized carbons (Fsp3) is 0.154. The highest BCUT2D eigenvalue weighted by molar-refractivity contribution is 7.21. The van der Waals surface area contributed by atoms with Crippen molar-refractivity contribution in [1.29, 1.82) is 0 Å². The highest BCUT2D eigenvalue weighted by atomic mass is 32.1. The molecule has 1 aromatic carbocycles. The first-order valence-corrected chi connectivity index (χ1v) is 6.87. The molecule has 2 aromatic heterocycles. The average Bonchev–Trinajstić information content (AvgIpc) is 3.06. The van der Waals surface area contributed by atoms with E-state index in [4.69, 9.17) is 0 Å². The second-order valence-electron chi connectivity index (χ2n) is 4.44. The van der Waals surface area contributed by atoms with E-state index < -0.39 is 5.82 Å². The van der Waals surface area contributed by atoms with Crippen molar-refractivity contribution >= 4 is 32.6 Å². The van der Waals surface area contributed by atoms with Crippen LogP contribution in [-0.4, -0.2) is 21.5 Å². The van der Waals surface area contributed by atoms with Crippen LogP contribution < -0.4 is 4.90 Å². The molecular weight excluding hydrogens is 282 g/mol. The third kappa shape index (κ3) is 1.59. The van der Waals surface area contributed by atoms with Crippen molar-refractivity contribution in [2.75, 3.05) is 11.4 Å². The zero-order valence-electron chi connectivity index (χ0n) is 10.2. The summed E-state index contributed by atoms with van der Waals surface area (Å²) in [5.41, 5.74) is 1.21. The van der Waals surface area contributed by atoms with Gasteiger partial charge >= 0.3 is 0 Å². The molecule has 0 aliphatic carbocycles. The van der Waals surface area contributed by atoms with E-state index in [9.17, 15) is 8.78 Å². The molecule has 1 aliphatic heterocycles. The monoisotopic (exact) mass is 290 g/mol. The van der Waals surface area contributed by atoms with E-state index in [0.29, 0.717) is 34.1 Å². The van der Waals surface area contributed by atoms with E-state index in [2.05, 4.69) is 15.0 Å². The zero-order chi connectivity index (χ0) is 13.7. The van der Waals surface area contributed by atoms with Gasteiger partial charge in [0.25, 0.3) is 0 Å². The lowest BCUT2D eigenvalue weighted by Crippen LogP contribution is -2.14. The molecule has 100 valence electrons. The van der Waals surface area contributed by atoms with Crippen molar-refractivity contribution in [3.8, 4) is 0 Å². The molecule has 3 heterocycles. The molecule has 20 heavy (non-hydrogen) atoms. The van der Waals surface area contributed by atoms with Crippen LogP contribution in [0.3, 0.4) is 0 Å². The minimum atomic E-state index is -0.431. The molecule has 1 aliphatic rings. The van der Waals surface area contributed by atoms with Crippen LogP contribution in [0.1, 0.15) is 5.56 Å². The van der Waals surface area contributed by atoms with Gasteiger partial charge in [-0.05, 0) is 18.6 Å². The van der Waals surface area contributed by atoms with Crippen LogP contribution >= 0.6 is 11.3 Å². The van der Waals surface area contributed by atoms with Crippen molar-refractivity contribution < 1.29 is 8.78 Å². The molecule has 7 heteroatoms. The van der Waals surface area contributed by atoms with Crippen LogP contribution in [0.15, 0.2) is 24.5 Å². The first-order valence-electron chi connectivity index (χ1n) is 6.06. The Balaban J connectivity index is 1.88. The summed E-state index contributed by atoms with van der Waals surface area (Å²) in [6, 6.07) is 2.31. The number of thiazole rings is 1. The Morgan fingerprint density at radius 3 is 2.75 bits per heavy atom. The lowest BCUT2D eigenvalue weighted by Gasteiger charge is -2.15. The first kappa shape index (κ1) is 11.7. The summed E-state index contributed by atoms with van der Waals surface area (Å²) < 4.78 is 27.7. The van der Waals surface area contributed by atoms with Crippen LogP contribution in [0.25, 0.3) is 10.5 Å². The van der Waals surface area contributed by atoms with Crippen molar-refractivity contribution in [2.45, 2.75) is 6.42 Å². The molecule has 0 radical (unpaired) electrons. The SMILES string of the molecule is Fc1ccc(F)c2c1CCN2c1nc2nccnc2s1. The summed E-state index contributed by atoms with van der Waals surface area (Å²) in [6.45, 7) is 0.507. The third-order valence-electron chi connectivity index (χ3n) is 3.30. The quantitative estimate of drug-likeness (QED) is 0.691. The predicted molar refractivity (Wildman–Crippen MR) is 72.3 cm³/mol. The predicted octanol–water partition coefficient (Wildman–Crippen LogP) is 3.06. The Morgan fingerprint density at radius 1 is 1.10 bits per heavy atom. The number of aromatic nitrogens is 3. The highest BCUT2D eigenvalue weighted by Crippen LogP contribution is 2.40. The number of nitrogens with zero attached hydrogens (tertiary/aromatic N) is 4. The molecule has 0 unspecified atom stereocenters. The molecule has 4 nitrogen and oxygen atoms in total. The number of hydrogen-bond acceptors (Lipinski definition) is 5. The molecule has 0 bridgehead atoms. The Morgan fingerprint density at radius 2 is 1.90 bits per heavy atom. The topological polar surface area (TPSA) is 41.9 Å². The number of fused-ring (bicyclic) bond motifs is 2. The van der Waals surface area contributed by atoms with Gasteiger partial charge in [0.1, 0.15) is 11.6 Å². The van der Waals surface area contributed by atoms with Gasteiger partial charge in [0.15, 0.2) is 15.6 Å². The van der Waals surface area contributed by atoms with Crippen molar-refractivity contribution in [3.63, 3.8) is 0 Å². The Kier molecular flexibility index (Phi) is 2.43. The summed E-state index contributed by atoms with van der Waals surface area (Å²) in [6.07, 6.45) is 3.61. The van der Waals surface area contributed by atoms with Crippen molar-refractivity contribution in [2.24, 2.45) is 0 Å². The van der Waals surface area contributed by atoms with Gasteiger partial charge in [0.2, 0.25) is 0 Å². The van der Waals surface area contributed by atoms with E-state index >= 15 is 0 Å². The summed E-state index contributed by atoms with van der Waals surface area (Å²) >= 11 is 1.32. The smallest absolute Gasteiger partial charge is 0.194 e. The van der Waals surface area contributed by atoms with Gasteiger partial charge in [0.05, 0.1) is 5.69 Å². The van der Waals surface area contributed by atoms with E-state index in [1.54, 1.807) is 17.3 Å². The molecule has 0 saturated heterocycles. The minimum Gasteiger partial charge on any atom is -0.314 e. The van der Waals surface area contributed by atoms with Crippen LogP contribution in [0.2, 0.25) is 0 Å². The second kappa shape index (κ2) is 4.17. The minimum absolute atomic E-state index is 0.282. The van der Waals surface area contributed by atoms with E-state index in [-0.39, 0.29) is 11.5 Å². The molecule has 4 rings (SSSR count). The molecule has 0 spiro atoms. The van der Waals surface area contributed by atoms with Gasteiger partial charge in [0, 0.05) is 24.5 Å². The summed E-state index contributed by atoms with van der Waals surface area (Å²) in [4.78, 5) is 15.0. The van der Waals surface area contributed by atoms with Crippen LogP contribution in [0.4, 0.5) is 19.6 Å². The van der Waals surface area contributed by atoms with Crippen LogP contribution in [0, 0.1) is 11.6 Å². The van der Waals surface area contributed by atoms with Crippen molar-refractivity contribution in [1.82, 2.24) is 15.0 Å². The molecule has 3 aromatic rings. The van der Waals surface area contributed by atoms with Gasteiger partial charge < -0.3 is 4.90 Å². The molecule has 0 amide bonds. The van der Waals surface area contributed by atoms with Crippen LogP contribution in [0.5, 0.6) is 0 Å². The maximum atomic E-state index is 14.0. The van der Waals surface area contributed by atoms with Gasteiger partial charge in [-0.2, -0.15) is 4.98 Å². The molecular formula is C13H8F2N4S. The van der Waals surface area contributed by atoms with E-state index in [1.807, 2.05) is 0 Å². The summed E-state index contributed by atoms with van der Waals surface area (Å²) in [5, 5.41) is 0.592. The van der Waals surface area contributed by atoms with Crippen molar-refractivity contribution in [3.05, 3.63) is 41.7 Å².